The van der Waals surface area contributed by atoms with Crippen LogP contribution in [0.4, 0.5) is 5.69 Å². The van der Waals surface area contributed by atoms with Crippen molar-refractivity contribution in [2.75, 3.05) is 10.8 Å². The van der Waals surface area contributed by atoms with E-state index in [1.54, 1.807) is 19.1 Å². The third-order valence-corrected chi connectivity index (χ3v) is 10.1. The molecule has 1 N–H and O–H groups in total. The summed E-state index contributed by atoms with van der Waals surface area (Å²) in [5.41, 5.74) is 3.06. The van der Waals surface area contributed by atoms with Gasteiger partial charge in [-0.2, -0.15) is 0 Å². The van der Waals surface area contributed by atoms with Crippen molar-refractivity contribution in [3.8, 4) is 0 Å². The Kier molecular flexibility index (Phi) is 10.2. The molecule has 0 bridgehead atoms. The predicted molar refractivity (Wildman–Crippen MR) is 166 cm³/mol. The van der Waals surface area contributed by atoms with Crippen LogP contribution in [0.1, 0.15) is 49.3 Å². The molecular formula is C31H35BrClN3O4S. The standard InChI is InChI=1S/C31H35BrClN3O4S/c1-21-11-14-28(17-22(21)2)36(41(39,40)29-15-12-26(33)13-16-29)20-30(37)35(19-24-7-6-8-25(32)18-24)23(3)31(38)34-27-9-4-5-10-27/h6-8,11-18,23,27H,4-5,9-10,19-20H2,1-3H3,(H,34,38)/t23-/m0/s1. The van der Waals surface area contributed by atoms with E-state index in [2.05, 4.69) is 21.2 Å². The van der Waals surface area contributed by atoms with Crippen LogP contribution in [0, 0.1) is 13.8 Å². The first-order valence-corrected chi connectivity index (χ1v) is 16.3. The Balaban J connectivity index is 1.70. The Morgan fingerprint density at radius 3 is 2.32 bits per heavy atom. The highest BCUT2D eigenvalue weighted by atomic mass is 79.9. The smallest absolute Gasteiger partial charge is 0.264 e. The molecule has 0 aromatic heterocycles. The fraction of sp³-hybridized carbons (Fsp3) is 0.355. The van der Waals surface area contributed by atoms with Gasteiger partial charge in [0.2, 0.25) is 11.8 Å². The zero-order chi connectivity index (χ0) is 29.7. The highest BCUT2D eigenvalue weighted by molar-refractivity contribution is 9.10. The lowest BCUT2D eigenvalue weighted by atomic mass is 10.1. The summed E-state index contributed by atoms with van der Waals surface area (Å²) in [6, 6.07) is 17.9. The molecule has 218 valence electrons. The summed E-state index contributed by atoms with van der Waals surface area (Å²) < 4.78 is 29.9. The molecule has 1 aliphatic rings. The van der Waals surface area contributed by atoms with Crippen molar-refractivity contribution in [3.05, 3.63) is 92.9 Å². The Bertz CT molecular complexity index is 1510. The van der Waals surface area contributed by atoms with E-state index in [1.807, 2.05) is 44.2 Å². The second-order valence-electron chi connectivity index (χ2n) is 10.6. The van der Waals surface area contributed by atoms with Gasteiger partial charge >= 0.3 is 0 Å². The minimum Gasteiger partial charge on any atom is -0.352 e. The molecule has 3 aromatic carbocycles. The van der Waals surface area contributed by atoms with E-state index in [4.69, 9.17) is 11.6 Å². The molecule has 0 aliphatic heterocycles. The minimum absolute atomic E-state index is 0.0125. The Morgan fingerprint density at radius 1 is 1.00 bits per heavy atom. The summed E-state index contributed by atoms with van der Waals surface area (Å²) in [6.07, 6.45) is 3.96. The maximum atomic E-state index is 14.1. The summed E-state index contributed by atoms with van der Waals surface area (Å²) >= 11 is 9.50. The Labute approximate surface area is 256 Å². The van der Waals surface area contributed by atoms with Crippen molar-refractivity contribution in [1.29, 1.82) is 0 Å². The zero-order valence-electron chi connectivity index (χ0n) is 23.4. The lowest BCUT2D eigenvalue weighted by molar-refractivity contribution is -0.139. The average molecular weight is 661 g/mol. The van der Waals surface area contributed by atoms with Crippen LogP contribution in [0.5, 0.6) is 0 Å². The van der Waals surface area contributed by atoms with E-state index >= 15 is 0 Å². The number of nitrogens with zero attached hydrogens (tertiary/aromatic N) is 2. The molecule has 0 spiro atoms. The fourth-order valence-electron chi connectivity index (χ4n) is 4.95. The molecular weight excluding hydrogens is 626 g/mol. The minimum atomic E-state index is -4.15. The molecule has 0 unspecified atom stereocenters. The van der Waals surface area contributed by atoms with Gasteiger partial charge in [0.05, 0.1) is 10.6 Å². The third kappa shape index (κ3) is 7.70. The molecule has 0 heterocycles. The molecule has 4 rings (SSSR count). The summed E-state index contributed by atoms with van der Waals surface area (Å²) in [7, 11) is -4.15. The molecule has 1 aliphatic carbocycles. The van der Waals surface area contributed by atoms with Crippen molar-refractivity contribution >= 4 is 55.1 Å². The number of aryl methyl sites for hydroxylation is 2. The quantitative estimate of drug-likeness (QED) is 0.273. The SMILES string of the molecule is Cc1ccc(N(CC(=O)N(Cc2cccc(Br)c2)[C@@H](C)C(=O)NC2CCCC2)S(=O)(=O)c2ccc(Cl)cc2)cc1C. The van der Waals surface area contributed by atoms with Gasteiger partial charge in [0.1, 0.15) is 12.6 Å². The van der Waals surface area contributed by atoms with E-state index in [1.165, 1.54) is 29.2 Å². The zero-order valence-corrected chi connectivity index (χ0v) is 26.6. The topological polar surface area (TPSA) is 86.8 Å². The number of amides is 2. The van der Waals surface area contributed by atoms with Gasteiger partial charge in [-0.15, -0.1) is 0 Å². The molecule has 3 aromatic rings. The lowest BCUT2D eigenvalue weighted by Gasteiger charge is -2.32. The number of halogens is 2. The van der Waals surface area contributed by atoms with Crippen LogP contribution < -0.4 is 9.62 Å². The van der Waals surface area contributed by atoms with Crippen LogP contribution >= 0.6 is 27.5 Å². The highest BCUT2D eigenvalue weighted by Crippen LogP contribution is 2.27. The van der Waals surface area contributed by atoms with Gasteiger partial charge in [0, 0.05) is 22.1 Å². The number of carbonyl (C=O) groups excluding carboxylic acids is 2. The second kappa shape index (κ2) is 13.4. The highest BCUT2D eigenvalue weighted by Gasteiger charge is 2.33. The van der Waals surface area contributed by atoms with Crippen molar-refractivity contribution < 1.29 is 18.0 Å². The van der Waals surface area contributed by atoms with Crippen LogP contribution in [0.3, 0.4) is 0 Å². The first kappa shape index (κ1) is 31.1. The van der Waals surface area contributed by atoms with Crippen molar-refractivity contribution in [2.24, 2.45) is 0 Å². The van der Waals surface area contributed by atoms with Gasteiger partial charge in [0.25, 0.3) is 10.0 Å². The normalized spacial score (nSPS) is 14.5. The number of carbonyl (C=O) groups is 2. The van der Waals surface area contributed by atoms with E-state index in [0.29, 0.717) is 10.7 Å². The molecule has 1 atom stereocenters. The van der Waals surface area contributed by atoms with E-state index < -0.39 is 28.5 Å². The molecule has 0 saturated heterocycles. The van der Waals surface area contributed by atoms with Gasteiger partial charge in [-0.3, -0.25) is 13.9 Å². The van der Waals surface area contributed by atoms with Gasteiger partial charge in [-0.25, -0.2) is 8.42 Å². The Morgan fingerprint density at radius 2 is 1.68 bits per heavy atom. The number of anilines is 1. The number of benzene rings is 3. The largest absolute Gasteiger partial charge is 0.352 e. The van der Waals surface area contributed by atoms with Gasteiger partial charge in [-0.05, 0) is 98.8 Å². The van der Waals surface area contributed by atoms with Crippen LogP contribution in [-0.2, 0) is 26.2 Å². The van der Waals surface area contributed by atoms with Gasteiger partial charge in [0.15, 0.2) is 0 Å². The van der Waals surface area contributed by atoms with Crippen LogP contribution in [0.15, 0.2) is 76.1 Å². The average Bonchev–Trinajstić information content (AvgIpc) is 3.44. The van der Waals surface area contributed by atoms with Crippen LogP contribution in [0.25, 0.3) is 0 Å². The van der Waals surface area contributed by atoms with E-state index in [-0.39, 0.29) is 23.4 Å². The van der Waals surface area contributed by atoms with Gasteiger partial charge in [-0.1, -0.05) is 58.6 Å². The van der Waals surface area contributed by atoms with Gasteiger partial charge < -0.3 is 10.2 Å². The lowest BCUT2D eigenvalue weighted by Crippen LogP contribution is -2.52. The Hall–Kier alpha value is -2.88. The predicted octanol–water partition coefficient (Wildman–Crippen LogP) is 6.39. The molecule has 10 heteroatoms. The summed E-state index contributed by atoms with van der Waals surface area (Å²) in [5.74, 6) is -0.742. The molecule has 2 amide bonds. The number of hydrogen-bond acceptors (Lipinski definition) is 4. The maximum Gasteiger partial charge on any atom is 0.264 e. The van der Waals surface area contributed by atoms with Crippen molar-refractivity contribution in [2.45, 2.75) is 70.0 Å². The first-order valence-electron chi connectivity index (χ1n) is 13.7. The number of sulfonamides is 1. The number of nitrogens with one attached hydrogen (secondary N) is 1. The number of rotatable bonds is 10. The maximum absolute atomic E-state index is 14.1. The third-order valence-electron chi connectivity index (χ3n) is 7.57. The summed E-state index contributed by atoms with van der Waals surface area (Å²) in [4.78, 5) is 28.9. The van der Waals surface area contributed by atoms with Crippen molar-refractivity contribution in [3.63, 3.8) is 0 Å². The number of hydrogen-bond donors (Lipinski definition) is 1. The molecule has 7 nitrogen and oxygen atoms in total. The van der Waals surface area contributed by atoms with E-state index in [0.717, 1.165) is 51.2 Å². The monoisotopic (exact) mass is 659 g/mol. The van der Waals surface area contributed by atoms with Crippen LogP contribution in [-0.4, -0.2) is 43.8 Å². The summed E-state index contributed by atoms with van der Waals surface area (Å²) in [6.45, 7) is 5.17. The molecule has 1 saturated carbocycles. The molecule has 41 heavy (non-hydrogen) atoms. The van der Waals surface area contributed by atoms with Crippen molar-refractivity contribution in [1.82, 2.24) is 10.2 Å². The summed E-state index contributed by atoms with van der Waals surface area (Å²) in [5, 5.41) is 3.49. The second-order valence-corrected chi connectivity index (χ2v) is 13.8. The first-order chi connectivity index (χ1) is 19.5. The van der Waals surface area contributed by atoms with Crippen LogP contribution in [0.2, 0.25) is 5.02 Å². The molecule has 0 radical (unpaired) electrons. The molecule has 1 fully saturated rings. The fourth-order valence-corrected chi connectivity index (χ4v) is 6.93. The van der Waals surface area contributed by atoms with E-state index in [9.17, 15) is 18.0 Å².